The third kappa shape index (κ3) is 6.16. The minimum absolute atomic E-state index is 0.0548. The molecular formula is C24H17Cl2N3O3S. The summed E-state index contributed by atoms with van der Waals surface area (Å²) in [7, 11) is 0. The van der Waals surface area contributed by atoms with Gasteiger partial charge in [-0.2, -0.15) is 0 Å². The number of benzene rings is 3. The monoisotopic (exact) mass is 497 g/mol. The Morgan fingerprint density at radius 3 is 2.36 bits per heavy atom. The van der Waals surface area contributed by atoms with Crippen molar-refractivity contribution < 1.29 is 14.6 Å². The van der Waals surface area contributed by atoms with E-state index in [2.05, 4.69) is 15.2 Å². The Balaban J connectivity index is 1.53. The largest absolute Gasteiger partial charge is 0.488 e. The van der Waals surface area contributed by atoms with Gasteiger partial charge < -0.3 is 9.84 Å². The Kier molecular flexibility index (Phi) is 7.34. The van der Waals surface area contributed by atoms with Crippen molar-refractivity contribution in [2.75, 3.05) is 0 Å². The number of halogens is 2. The Morgan fingerprint density at radius 2 is 1.67 bits per heavy atom. The van der Waals surface area contributed by atoms with Crippen LogP contribution in [-0.2, 0) is 11.4 Å². The lowest BCUT2D eigenvalue weighted by atomic mass is 10.2. The molecule has 3 aromatic carbocycles. The molecule has 166 valence electrons. The van der Waals surface area contributed by atoms with E-state index in [0.717, 1.165) is 22.9 Å². The van der Waals surface area contributed by atoms with Gasteiger partial charge in [-0.15, -0.1) is 5.10 Å². The van der Waals surface area contributed by atoms with Crippen LogP contribution in [-0.4, -0.2) is 26.3 Å². The van der Waals surface area contributed by atoms with E-state index in [0.29, 0.717) is 33.8 Å². The zero-order valence-corrected chi connectivity index (χ0v) is 19.4. The van der Waals surface area contributed by atoms with Gasteiger partial charge in [-0.1, -0.05) is 53.5 Å². The summed E-state index contributed by atoms with van der Waals surface area (Å²) in [6.45, 7) is 0.322. The fourth-order valence-corrected chi connectivity index (χ4v) is 3.83. The van der Waals surface area contributed by atoms with Crippen LogP contribution in [0.15, 0.2) is 82.9 Å². The van der Waals surface area contributed by atoms with Crippen LogP contribution in [0.4, 0.5) is 0 Å². The zero-order valence-electron chi connectivity index (χ0n) is 17.0. The highest BCUT2D eigenvalue weighted by Gasteiger charge is 2.15. The average Bonchev–Trinajstić information content (AvgIpc) is 3.28. The summed E-state index contributed by atoms with van der Waals surface area (Å²) in [5.41, 5.74) is 2.37. The molecule has 2 N–H and O–H groups in total. The molecule has 0 radical (unpaired) electrons. The number of aromatic nitrogens is 3. The van der Waals surface area contributed by atoms with E-state index in [9.17, 15) is 9.90 Å². The van der Waals surface area contributed by atoms with Crippen LogP contribution in [0.25, 0.3) is 17.5 Å². The second kappa shape index (κ2) is 10.6. The second-order valence-electron chi connectivity index (χ2n) is 6.84. The third-order valence-electron chi connectivity index (χ3n) is 4.51. The fourth-order valence-electron chi connectivity index (χ4n) is 2.88. The molecule has 0 spiro atoms. The molecule has 33 heavy (non-hydrogen) atoms. The van der Waals surface area contributed by atoms with Crippen LogP contribution in [0.2, 0.25) is 10.0 Å². The maximum atomic E-state index is 11.9. The predicted octanol–water partition coefficient (Wildman–Crippen LogP) is 6.58. The molecule has 1 aromatic heterocycles. The smallest absolute Gasteiger partial charge is 0.342 e. The number of carboxylic acid groups (broad SMARTS) is 1. The van der Waals surface area contributed by atoms with Crippen molar-refractivity contribution in [3.05, 3.63) is 98.9 Å². The Hall–Kier alpha value is -3.26. The number of hydrogen-bond donors (Lipinski definition) is 2. The van der Waals surface area contributed by atoms with Crippen molar-refractivity contribution in [1.82, 2.24) is 15.2 Å². The zero-order chi connectivity index (χ0) is 23.2. The predicted molar refractivity (Wildman–Crippen MR) is 131 cm³/mol. The summed E-state index contributed by atoms with van der Waals surface area (Å²) >= 11 is 12.8. The number of hydrogen-bond acceptors (Lipinski definition) is 5. The van der Waals surface area contributed by atoms with Crippen molar-refractivity contribution >= 4 is 47.0 Å². The lowest BCUT2D eigenvalue weighted by molar-refractivity contribution is -0.131. The molecule has 0 saturated carbocycles. The van der Waals surface area contributed by atoms with Crippen molar-refractivity contribution in [3.8, 4) is 17.1 Å². The van der Waals surface area contributed by atoms with Crippen molar-refractivity contribution in [2.24, 2.45) is 0 Å². The maximum Gasteiger partial charge on any atom is 0.342 e. The van der Waals surface area contributed by atoms with E-state index < -0.39 is 5.97 Å². The summed E-state index contributed by atoms with van der Waals surface area (Å²) < 4.78 is 5.93. The van der Waals surface area contributed by atoms with Crippen LogP contribution >= 0.6 is 35.0 Å². The number of nitrogens with one attached hydrogen (secondary N) is 1. The quantitative estimate of drug-likeness (QED) is 0.211. The minimum Gasteiger partial charge on any atom is -0.488 e. The molecule has 0 aliphatic rings. The normalized spacial score (nSPS) is 11.4. The van der Waals surface area contributed by atoms with Gasteiger partial charge in [-0.05, 0) is 65.9 Å². The van der Waals surface area contributed by atoms with Crippen LogP contribution in [0, 0.1) is 0 Å². The molecule has 9 heteroatoms. The Bertz CT molecular complexity index is 1290. The van der Waals surface area contributed by atoms with E-state index in [4.69, 9.17) is 27.9 Å². The molecular weight excluding hydrogens is 481 g/mol. The Labute approximate surface area is 204 Å². The molecule has 6 nitrogen and oxygen atoms in total. The molecule has 0 aliphatic carbocycles. The van der Waals surface area contributed by atoms with Crippen LogP contribution in [0.5, 0.6) is 5.75 Å². The fraction of sp³-hybridized carbons (Fsp3) is 0.0417. The molecule has 0 saturated heterocycles. The number of para-hydroxylation sites is 1. The highest BCUT2D eigenvalue weighted by Crippen LogP contribution is 2.30. The molecule has 0 aliphatic heterocycles. The topological polar surface area (TPSA) is 88.1 Å². The van der Waals surface area contributed by atoms with Gasteiger partial charge in [0.25, 0.3) is 0 Å². The second-order valence-corrected chi connectivity index (χ2v) is 8.72. The summed E-state index contributed by atoms with van der Waals surface area (Å²) in [6.07, 6.45) is 1.54. The van der Waals surface area contributed by atoms with Gasteiger partial charge in [0, 0.05) is 21.2 Å². The molecule has 0 amide bonds. The van der Waals surface area contributed by atoms with Gasteiger partial charge in [-0.25, -0.2) is 9.78 Å². The molecule has 4 aromatic rings. The van der Waals surface area contributed by atoms with Crippen molar-refractivity contribution in [3.63, 3.8) is 0 Å². The molecule has 0 unspecified atom stereocenters. The van der Waals surface area contributed by atoms with Gasteiger partial charge in [0.1, 0.15) is 17.3 Å². The van der Waals surface area contributed by atoms with Crippen molar-refractivity contribution in [2.45, 2.75) is 11.8 Å². The molecule has 1 heterocycles. The first-order valence-electron chi connectivity index (χ1n) is 9.75. The molecule has 0 atom stereocenters. The maximum absolute atomic E-state index is 11.9. The van der Waals surface area contributed by atoms with Gasteiger partial charge in [0.15, 0.2) is 5.82 Å². The first-order valence-corrected chi connectivity index (χ1v) is 11.3. The number of carbonyl (C=O) groups is 1. The SMILES string of the molecule is O=C(O)/C(=C/c1ccccc1OCc1ccc(Cl)cc1)Sc1n[nH]c(-c2ccc(Cl)cc2)n1. The number of nitrogens with zero attached hydrogens (tertiary/aromatic N) is 2. The van der Waals surface area contributed by atoms with Crippen LogP contribution < -0.4 is 4.74 Å². The number of H-pyrrole nitrogens is 1. The van der Waals surface area contributed by atoms with E-state index in [1.165, 1.54) is 0 Å². The number of thioether (sulfide) groups is 1. The van der Waals surface area contributed by atoms with Crippen LogP contribution in [0.1, 0.15) is 11.1 Å². The number of aliphatic carboxylic acids is 1. The molecule has 0 bridgehead atoms. The van der Waals surface area contributed by atoms with Gasteiger partial charge in [-0.3, -0.25) is 5.10 Å². The van der Waals surface area contributed by atoms with E-state index in [-0.39, 0.29) is 10.1 Å². The average molecular weight is 498 g/mol. The van der Waals surface area contributed by atoms with Gasteiger partial charge in [0.2, 0.25) is 5.16 Å². The van der Waals surface area contributed by atoms with E-state index >= 15 is 0 Å². The Morgan fingerprint density at radius 1 is 1.00 bits per heavy atom. The van der Waals surface area contributed by atoms with E-state index in [1.54, 1.807) is 54.6 Å². The number of ether oxygens (including phenoxy) is 1. The number of rotatable bonds is 8. The highest BCUT2D eigenvalue weighted by molar-refractivity contribution is 8.04. The van der Waals surface area contributed by atoms with E-state index in [1.807, 2.05) is 24.3 Å². The lowest BCUT2D eigenvalue weighted by Gasteiger charge is -2.10. The standard InChI is InChI=1S/C24H17Cl2N3O3S/c25-18-9-5-15(6-10-18)14-32-20-4-2-1-3-17(20)13-21(23(30)31)33-24-27-22(28-29-24)16-7-11-19(26)12-8-16/h1-13H,14H2,(H,30,31)(H,27,28,29)/b21-13-. The third-order valence-corrected chi connectivity index (χ3v) is 5.89. The van der Waals surface area contributed by atoms with Gasteiger partial charge in [0.05, 0.1) is 0 Å². The summed E-state index contributed by atoms with van der Waals surface area (Å²) in [5.74, 6) is -0.0143. The summed E-state index contributed by atoms with van der Waals surface area (Å²) in [5, 5.41) is 18.3. The first kappa shape index (κ1) is 22.9. The van der Waals surface area contributed by atoms with Crippen LogP contribution in [0.3, 0.4) is 0 Å². The lowest BCUT2D eigenvalue weighted by Crippen LogP contribution is -1.99. The summed E-state index contributed by atoms with van der Waals surface area (Å²) in [6, 6.07) is 21.7. The minimum atomic E-state index is -1.09. The van der Waals surface area contributed by atoms with Crippen molar-refractivity contribution in [1.29, 1.82) is 0 Å². The molecule has 0 fully saturated rings. The number of carboxylic acids is 1. The highest BCUT2D eigenvalue weighted by atomic mass is 35.5. The number of aromatic amines is 1. The molecule has 4 rings (SSSR count). The first-order chi connectivity index (χ1) is 16.0. The van der Waals surface area contributed by atoms with Gasteiger partial charge >= 0.3 is 5.97 Å². The summed E-state index contributed by atoms with van der Waals surface area (Å²) in [4.78, 5) is 16.4.